The molecule has 0 unspecified atom stereocenters. The average molecular weight is 225 g/mol. The van der Waals surface area contributed by atoms with Crippen LogP contribution in [0.4, 0.5) is 0 Å². The first-order valence-corrected chi connectivity index (χ1v) is 6.69. The molecule has 92 valence electrons. The molecule has 0 aromatic carbocycles. The largest absolute Gasteiger partial charge is 0.381 e. The number of hydrogen-bond donors (Lipinski definition) is 1. The third kappa shape index (κ3) is 1.31. The van der Waals surface area contributed by atoms with E-state index in [-0.39, 0.29) is 0 Å². The lowest BCUT2D eigenvalue weighted by Gasteiger charge is -2.63. The van der Waals surface area contributed by atoms with Gasteiger partial charge in [-0.3, -0.25) is 0 Å². The molecule has 3 rings (SSSR count). The van der Waals surface area contributed by atoms with E-state index in [2.05, 4.69) is 0 Å². The first-order chi connectivity index (χ1) is 7.83. The highest BCUT2D eigenvalue weighted by Crippen LogP contribution is 2.61. The van der Waals surface area contributed by atoms with Gasteiger partial charge in [0.2, 0.25) is 0 Å². The summed E-state index contributed by atoms with van der Waals surface area (Å²) in [5, 5.41) is 0. The van der Waals surface area contributed by atoms with E-state index in [0.29, 0.717) is 10.8 Å². The molecule has 0 aromatic heterocycles. The Balaban J connectivity index is 1.81. The summed E-state index contributed by atoms with van der Waals surface area (Å²) in [4.78, 5) is 0. The number of nitrogens with two attached hydrogens (primary N) is 1. The molecule has 1 saturated carbocycles. The van der Waals surface area contributed by atoms with Crippen molar-refractivity contribution in [1.29, 1.82) is 0 Å². The molecule has 2 N–H and O–H groups in total. The normalized spacial score (nSPS) is 32.8. The van der Waals surface area contributed by atoms with Crippen molar-refractivity contribution in [1.82, 2.24) is 0 Å². The van der Waals surface area contributed by atoms with Gasteiger partial charge in [-0.25, -0.2) is 0 Å². The van der Waals surface area contributed by atoms with Gasteiger partial charge >= 0.3 is 0 Å². The number of rotatable bonds is 3. The summed E-state index contributed by atoms with van der Waals surface area (Å²) in [6.45, 7) is 4.64. The fourth-order valence-electron chi connectivity index (χ4n) is 4.06. The standard InChI is InChI=1S/C13H23NO2/c14-8-12(4-1-5-12)13(9-16-10-13)11-2-6-15-7-3-11/h11H,1-10,14H2. The van der Waals surface area contributed by atoms with Crippen molar-refractivity contribution < 1.29 is 9.47 Å². The van der Waals surface area contributed by atoms with E-state index in [4.69, 9.17) is 15.2 Å². The van der Waals surface area contributed by atoms with Crippen LogP contribution in [0, 0.1) is 16.7 Å². The van der Waals surface area contributed by atoms with Crippen LogP contribution >= 0.6 is 0 Å². The lowest BCUT2D eigenvalue weighted by atomic mass is 9.47. The van der Waals surface area contributed by atoms with Gasteiger partial charge in [-0.1, -0.05) is 6.42 Å². The summed E-state index contributed by atoms with van der Waals surface area (Å²) in [6, 6.07) is 0. The second-order valence-corrected chi connectivity index (χ2v) is 5.87. The van der Waals surface area contributed by atoms with Crippen molar-refractivity contribution in [2.45, 2.75) is 32.1 Å². The fraction of sp³-hybridized carbons (Fsp3) is 1.00. The Morgan fingerprint density at radius 2 is 1.75 bits per heavy atom. The molecule has 16 heavy (non-hydrogen) atoms. The zero-order chi connectivity index (χ0) is 11.1. The Labute approximate surface area is 97.7 Å². The van der Waals surface area contributed by atoms with Gasteiger partial charge in [-0.05, 0) is 43.6 Å². The van der Waals surface area contributed by atoms with Crippen LogP contribution in [0.3, 0.4) is 0 Å². The first kappa shape index (κ1) is 11.0. The van der Waals surface area contributed by atoms with Crippen molar-refractivity contribution in [2.75, 3.05) is 33.0 Å². The van der Waals surface area contributed by atoms with E-state index in [1.54, 1.807) is 0 Å². The van der Waals surface area contributed by atoms with Crippen molar-refractivity contribution in [3.05, 3.63) is 0 Å². The Hall–Kier alpha value is -0.120. The van der Waals surface area contributed by atoms with Crippen LogP contribution in [0.25, 0.3) is 0 Å². The van der Waals surface area contributed by atoms with Crippen LogP contribution in [0.5, 0.6) is 0 Å². The zero-order valence-electron chi connectivity index (χ0n) is 10.0. The molecule has 3 aliphatic rings. The lowest BCUT2D eigenvalue weighted by molar-refractivity contribution is -0.246. The third-order valence-electron chi connectivity index (χ3n) is 5.48. The maximum Gasteiger partial charge on any atom is 0.0553 e. The van der Waals surface area contributed by atoms with Gasteiger partial charge in [0.05, 0.1) is 13.2 Å². The Morgan fingerprint density at radius 1 is 1.06 bits per heavy atom. The van der Waals surface area contributed by atoms with Crippen LogP contribution in [0.2, 0.25) is 0 Å². The maximum absolute atomic E-state index is 6.08. The van der Waals surface area contributed by atoms with Crippen LogP contribution in [0.15, 0.2) is 0 Å². The minimum Gasteiger partial charge on any atom is -0.381 e. The summed E-state index contributed by atoms with van der Waals surface area (Å²) < 4.78 is 11.1. The molecular weight excluding hydrogens is 202 g/mol. The lowest BCUT2D eigenvalue weighted by Crippen LogP contribution is -2.65. The predicted octanol–water partition coefficient (Wildman–Crippen LogP) is 1.56. The molecular formula is C13H23NO2. The van der Waals surface area contributed by atoms with E-state index in [0.717, 1.165) is 38.9 Å². The van der Waals surface area contributed by atoms with Gasteiger partial charge in [-0.15, -0.1) is 0 Å². The highest BCUT2D eigenvalue weighted by Gasteiger charge is 2.61. The van der Waals surface area contributed by atoms with Gasteiger partial charge in [0.1, 0.15) is 0 Å². The van der Waals surface area contributed by atoms with Crippen LogP contribution in [0.1, 0.15) is 32.1 Å². The minimum atomic E-state index is 0.407. The molecule has 3 nitrogen and oxygen atoms in total. The number of hydrogen-bond acceptors (Lipinski definition) is 3. The Kier molecular flexibility index (Phi) is 2.73. The SMILES string of the molecule is NCC1(C2(C3CCOCC3)COC2)CCC1. The Morgan fingerprint density at radius 3 is 2.12 bits per heavy atom. The quantitative estimate of drug-likeness (QED) is 0.792. The number of ether oxygens (including phenoxy) is 2. The second kappa shape index (κ2) is 3.97. The summed E-state index contributed by atoms with van der Waals surface area (Å²) >= 11 is 0. The summed E-state index contributed by atoms with van der Waals surface area (Å²) in [5.41, 5.74) is 6.90. The molecule has 0 amide bonds. The molecule has 3 heteroatoms. The van der Waals surface area contributed by atoms with E-state index >= 15 is 0 Å². The van der Waals surface area contributed by atoms with Gasteiger partial charge in [0.25, 0.3) is 0 Å². The van der Waals surface area contributed by atoms with Crippen LogP contribution in [-0.4, -0.2) is 33.0 Å². The summed E-state index contributed by atoms with van der Waals surface area (Å²) in [6.07, 6.45) is 6.44. The smallest absolute Gasteiger partial charge is 0.0553 e. The highest BCUT2D eigenvalue weighted by atomic mass is 16.5. The third-order valence-corrected chi connectivity index (χ3v) is 5.48. The van der Waals surface area contributed by atoms with Crippen molar-refractivity contribution in [3.63, 3.8) is 0 Å². The van der Waals surface area contributed by atoms with Crippen LogP contribution < -0.4 is 5.73 Å². The van der Waals surface area contributed by atoms with Crippen molar-refractivity contribution in [3.8, 4) is 0 Å². The summed E-state index contributed by atoms with van der Waals surface area (Å²) in [7, 11) is 0. The van der Waals surface area contributed by atoms with Gasteiger partial charge in [-0.2, -0.15) is 0 Å². The Bertz CT molecular complexity index is 247. The predicted molar refractivity (Wildman–Crippen MR) is 62.1 cm³/mol. The topological polar surface area (TPSA) is 44.5 Å². The molecule has 0 spiro atoms. The van der Waals surface area contributed by atoms with Gasteiger partial charge in [0, 0.05) is 18.6 Å². The van der Waals surface area contributed by atoms with E-state index in [9.17, 15) is 0 Å². The molecule has 0 radical (unpaired) electrons. The van der Waals surface area contributed by atoms with E-state index in [1.165, 1.54) is 32.1 Å². The molecule has 2 heterocycles. The molecule has 0 aromatic rings. The van der Waals surface area contributed by atoms with Crippen LogP contribution in [-0.2, 0) is 9.47 Å². The fourth-order valence-corrected chi connectivity index (χ4v) is 4.06. The van der Waals surface area contributed by atoms with E-state index in [1.807, 2.05) is 0 Å². The van der Waals surface area contributed by atoms with Gasteiger partial charge < -0.3 is 15.2 Å². The summed E-state index contributed by atoms with van der Waals surface area (Å²) in [5.74, 6) is 0.791. The maximum atomic E-state index is 6.08. The van der Waals surface area contributed by atoms with E-state index < -0.39 is 0 Å². The molecule has 0 atom stereocenters. The second-order valence-electron chi connectivity index (χ2n) is 5.87. The van der Waals surface area contributed by atoms with Crippen molar-refractivity contribution in [2.24, 2.45) is 22.5 Å². The molecule has 1 aliphatic carbocycles. The average Bonchev–Trinajstić information content (AvgIpc) is 2.22. The molecule has 0 bridgehead atoms. The first-order valence-electron chi connectivity index (χ1n) is 6.69. The van der Waals surface area contributed by atoms with Crippen molar-refractivity contribution >= 4 is 0 Å². The highest BCUT2D eigenvalue weighted by molar-refractivity contribution is 5.09. The molecule has 3 fully saturated rings. The monoisotopic (exact) mass is 225 g/mol. The van der Waals surface area contributed by atoms with Gasteiger partial charge in [0.15, 0.2) is 0 Å². The minimum absolute atomic E-state index is 0.407. The molecule has 2 saturated heterocycles. The molecule has 2 aliphatic heterocycles. The zero-order valence-corrected chi connectivity index (χ0v) is 10.0.